The first-order chi connectivity index (χ1) is 16.3. The van der Waals surface area contributed by atoms with Crippen LogP contribution in [-0.2, 0) is 4.57 Å². The van der Waals surface area contributed by atoms with Crippen LogP contribution in [0.1, 0.15) is 30.0 Å². The number of benzene rings is 2. The molecule has 0 aliphatic carbocycles. The van der Waals surface area contributed by atoms with Crippen molar-refractivity contribution in [2.75, 3.05) is 24.8 Å². The fraction of sp³-hybridized carbons (Fsp3) is 0.240. The lowest BCUT2D eigenvalue weighted by molar-refractivity contribution is 0.560. The first kappa shape index (κ1) is 22.2. The molecule has 0 radical (unpaired) electrons. The minimum absolute atomic E-state index is 0.315. The maximum Gasteiger partial charge on any atom is 0.165 e. The number of fused-ring (bicyclic) bond motifs is 1. The summed E-state index contributed by atoms with van der Waals surface area (Å²) >= 11 is 0. The largest absolute Gasteiger partial charge is 0.349 e. The topological polar surface area (TPSA) is 74.3 Å². The maximum absolute atomic E-state index is 14.5. The van der Waals surface area contributed by atoms with Gasteiger partial charge in [0.25, 0.3) is 0 Å². The predicted octanol–water partition coefficient (Wildman–Crippen LogP) is 5.14. The zero-order valence-corrected chi connectivity index (χ0v) is 19.6. The number of hydrogen-bond acceptors (Lipinski definition) is 5. The molecule has 1 aliphatic rings. The summed E-state index contributed by atoms with van der Waals surface area (Å²) in [5.41, 5.74) is 2.73. The Morgan fingerprint density at radius 3 is 2.74 bits per heavy atom. The molecule has 2 aromatic carbocycles. The summed E-state index contributed by atoms with van der Waals surface area (Å²) in [5.74, 6) is -0.257. The van der Waals surface area contributed by atoms with Crippen LogP contribution in [0, 0.1) is 23.0 Å². The van der Waals surface area contributed by atoms with Gasteiger partial charge < -0.3 is 9.46 Å². The van der Waals surface area contributed by atoms with E-state index in [1.165, 1.54) is 6.07 Å². The summed E-state index contributed by atoms with van der Waals surface area (Å²) in [6, 6.07) is 12.4. The fourth-order valence-corrected chi connectivity index (χ4v) is 5.75. The number of anilines is 1. The van der Waals surface area contributed by atoms with E-state index in [-0.39, 0.29) is 6.04 Å². The van der Waals surface area contributed by atoms with Gasteiger partial charge in [-0.15, -0.1) is 0 Å². The third-order valence-corrected chi connectivity index (χ3v) is 7.78. The molecule has 5 rings (SSSR count). The first-order valence-electron chi connectivity index (χ1n) is 10.9. The molecule has 1 atom stereocenters. The second kappa shape index (κ2) is 8.34. The van der Waals surface area contributed by atoms with Gasteiger partial charge in [-0.1, -0.05) is 6.07 Å². The second-order valence-electron chi connectivity index (χ2n) is 8.82. The lowest BCUT2D eigenvalue weighted by Crippen LogP contribution is -2.24. The van der Waals surface area contributed by atoms with Gasteiger partial charge >= 0.3 is 0 Å². The summed E-state index contributed by atoms with van der Waals surface area (Å²) in [6.45, 7) is 3.95. The standard InChI is InChI=1S/C25H22F2N5OP/c1-34(2,33)23-8-5-16(12-17(23)14-28)20-15-29-32-11-9-24(30-25(20)32)31-10-3-4-22(31)19-13-18(26)6-7-21(19)27/h5-9,11-13,15,22H,3-4,10H2,1-2H3. The smallest absolute Gasteiger partial charge is 0.165 e. The van der Waals surface area contributed by atoms with Crippen molar-refractivity contribution < 1.29 is 13.3 Å². The van der Waals surface area contributed by atoms with Gasteiger partial charge in [0.15, 0.2) is 5.65 Å². The molecule has 172 valence electrons. The van der Waals surface area contributed by atoms with Crippen LogP contribution in [0.3, 0.4) is 0 Å². The summed E-state index contributed by atoms with van der Waals surface area (Å²) < 4.78 is 42.6. The van der Waals surface area contributed by atoms with Gasteiger partial charge in [0.05, 0.1) is 23.9 Å². The van der Waals surface area contributed by atoms with E-state index < -0.39 is 18.8 Å². The fourth-order valence-electron chi connectivity index (χ4n) is 4.62. The van der Waals surface area contributed by atoms with Crippen LogP contribution < -0.4 is 10.2 Å². The maximum atomic E-state index is 14.5. The Kier molecular flexibility index (Phi) is 5.45. The third kappa shape index (κ3) is 3.86. The molecule has 0 spiro atoms. The molecule has 2 aromatic heterocycles. The van der Waals surface area contributed by atoms with E-state index in [1.807, 2.05) is 17.0 Å². The van der Waals surface area contributed by atoms with Crippen molar-refractivity contribution in [3.63, 3.8) is 0 Å². The zero-order valence-electron chi connectivity index (χ0n) is 18.7. The third-order valence-electron chi connectivity index (χ3n) is 6.23. The highest BCUT2D eigenvalue weighted by Crippen LogP contribution is 2.39. The molecule has 1 saturated heterocycles. The summed E-state index contributed by atoms with van der Waals surface area (Å²) in [4.78, 5) is 6.81. The molecule has 6 nitrogen and oxygen atoms in total. The van der Waals surface area contributed by atoms with Gasteiger partial charge in [-0.25, -0.2) is 18.3 Å². The molecule has 1 aliphatic heterocycles. The molecular formula is C25H22F2N5OP. The van der Waals surface area contributed by atoms with Crippen LogP contribution in [0.4, 0.5) is 14.6 Å². The molecule has 34 heavy (non-hydrogen) atoms. The van der Waals surface area contributed by atoms with Crippen molar-refractivity contribution in [2.24, 2.45) is 0 Å². The molecule has 0 saturated carbocycles. The van der Waals surface area contributed by atoms with Gasteiger partial charge in [0, 0.05) is 29.2 Å². The molecule has 4 aromatic rings. The van der Waals surface area contributed by atoms with Crippen molar-refractivity contribution >= 4 is 23.9 Å². The quantitative estimate of drug-likeness (QED) is 0.381. The van der Waals surface area contributed by atoms with E-state index in [0.717, 1.165) is 29.7 Å². The van der Waals surface area contributed by atoms with E-state index in [0.29, 0.717) is 40.9 Å². The normalized spacial score (nSPS) is 16.2. The number of halogens is 2. The van der Waals surface area contributed by atoms with Crippen LogP contribution in [-0.4, -0.2) is 34.5 Å². The number of rotatable bonds is 4. The zero-order chi connectivity index (χ0) is 24.0. The average Bonchev–Trinajstić information content (AvgIpc) is 3.46. The lowest BCUT2D eigenvalue weighted by Gasteiger charge is -2.26. The molecule has 1 fully saturated rings. The highest BCUT2D eigenvalue weighted by molar-refractivity contribution is 7.70. The van der Waals surface area contributed by atoms with Gasteiger partial charge in [-0.2, -0.15) is 10.4 Å². The SMILES string of the molecule is CP(C)(=O)c1ccc(-c2cnn3ccc(N4CCCC4c4cc(F)ccc4F)nc23)cc1C#N. The Morgan fingerprint density at radius 1 is 1.15 bits per heavy atom. The number of nitrogens with zero attached hydrogens (tertiary/aromatic N) is 5. The molecular weight excluding hydrogens is 455 g/mol. The summed E-state index contributed by atoms with van der Waals surface area (Å²) in [5, 5.41) is 14.5. The monoisotopic (exact) mass is 477 g/mol. The molecule has 0 amide bonds. The van der Waals surface area contributed by atoms with Gasteiger partial charge in [0.2, 0.25) is 0 Å². The Bertz CT molecular complexity index is 1500. The molecule has 9 heteroatoms. The van der Waals surface area contributed by atoms with E-state index >= 15 is 0 Å². The van der Waals surface area contributed by atoms with Crippen molar-refractivity contribution in [3.8, 4) is 17.2 Å². The van der Waals surface area contributed by atoms with Crippen molar-refractivity contribution in [3.05, 3.63) is 77.6 Å². The van der Waals surface area contributed by atoms with E-state index in [9.17, 15) is 18.6 Å². The first-order valence-corrected chi connectivity index (χ1v) is 13.5. The summed E-state index contributed by atoms with van der Waals surface area (Å²) in [6.07, 6.45) is 4.99. The van der Waals surface area contributed by atoms with E-state index in [2.05, 4.69) is 11.2 Å². The summed E-state index contributed by atoms with van der Waals surface area (Å²) in [7, 11) is -2.61. The minimum atomic E-state index is -2.61. The second-order valence-corrected chi connectivity index (χ2v) is 12.0. The van der Waals surface area contributed by atoms with Crippen LogP contribution in [0.25, 0.3) is 16.8 Å². The molecule has 1 unspecified atom stereocenters. The van der Waals surface area contributed by atoms with Crippen LogP contribution in [0.5, 0.6) is 0 Å². The average molecular weight is 477 g/mol. The molecule has 3 heterocycles. The Balaban J connectivity index is 1.57. The van der Waals surface area contributed by atoms with Crippen LogP contribution in [0.2, 0.25) is 0 Å². The van der Waals surface area contributed by atoms with Gasteiger partial charge in [-0.05, 0) is 68.1 Å². The Morgan fingerprint density at radius 2 is 1.97 bits per heavy atom. The molecule has 0 bridgehead atoms. The van der Waals surface area contributed by atoms with Gasteiger partial charge in [0.1, 0.15) is 24.6 Å². The van der Waals surface area contributed by atoms with Crippen molar-refractivity contribution in [1.82, 2.24) is 14.6 Å². The number of aromatic nitrogens is 3. The lowest BCUT2D eigenvalue weighted by atomic mass is 10.0. The van der Waals surface area contributed by atoms with Gasteiger partial charge in [-0.3, -0.25) is 0 Å². The number of nitriles is 1. The van der Waals surface area contributed by atoms with Crippen molar-refractivity contribution in [1.29, 1.82) is 5.26 Å². The number of hydrogen-bond donors (Lipinski definition) is 0. The highest BCUT2D eigenvalue weighted by Gasteiger charge is 2.30. The Labute approximate surface area is 195 Å². The molecule has 0 N–H and O–H groups in total. The van der Waals surface area contributed by atoms with E-state index in [1.54, 1.807) is 42.4 Å². The predicted molar refractivity (Wildman–Crippen MR) is 128 cm³/mol. The Hall–Kier alpha value is -3.56. The van der Waals surface area contributed by atoms with Crippen molar-refractivity contribution in [2.45, 2.75) is 18.9 Å². The van der Waals surface area contributed by atoms with E-state index in [4.69, 9.17) is 4.98 Å². The highest BCUT2D eigenvalue weighted by atomic mass is 31.2. The van der Waals surface area contributed by atoms with Crippen LogP contribution >= 0.6 is 7.14 Å². The van der Waals surface area contributed by atoms with Crippen LogP contribution in [0.15, 0.2) is 54.9 Å². The minimum Gasteiger partial charge on any atom is -0.349 e.